The smallest absolute Gasteiger partial charge is 0.124 e. The van der Waals surface area contributed by atoms with Gasteiger partial charge in [-0.25, -0.2) is 0 Å². The van der Waals surface area contributed by atoms with Crippen molar-refractivity contribution in [3.8, 4) is 5.75 Å². The minimum Gasteiger partial charge on any atom is -0.508 e. The van der Waals surface area contributed by atoms with Crippen LogP contribution in [0.5, 0.6) is 5.75 Å². The van der Waals surface area contributed by atoms with Gasteiger partial charge in [-0.15, -0.1) is 0 Å². The van der Waals surface area contributed by atoms with E-state index in [1.54, 1.807) is 0 Å². The lowest BCUT2D eigenvalue weighted by Gasteiger charge is -2.17. The molecule has 74 valence electrons. The first kappa shape index (κ1) is 9.25. The van der Waals surface area contributed by atoms with Crippen LogP contribution in [0.25, 0.3) is 0 Å². The number of benzene rings is 1. The van der Waals surface area contributed by atoms with E-state index in [0.717, 1.165) is 24.7 Å². The topological polar surface area (TPSA) is 37.3 Å². The van der Waals surface area contributed by atoms with E-state index >= 15 is 0 Å². The maximum absolute atomic E-state index is 10.4. The molecule has 0 heterocycles. The number of rotatable bonds is 2. The van der Waals surface area contributed by atoms with Gasteiger partial charge in [-0.05, 0) is 42.9 Å². The maximum Gasteiger partial charge on any atom is 0.124 e. The quantitative estimate of drug-likeness (QED) is 0.724. The number of aromatic hydroxyl groups is 1. The second-order valence-corrected chi connectivity index (χ2v) is 3.83. The molecule has 2 heteroatoms. The van der Waals surface area contributed by atoms with Gasteiger partial charge in [0.25, 0.3) is 0 Å². The lowest BCUT2D eigenvalue weighted by Crippen LogP contribution is -2.03. The Morgan fingerprint density at radius 1 is 1.21 bits per heavy atom. The summed E-state index contributed by atoms with van der Waals surface area (Å²) in [6.45, 7) is 0. The number of aldehydes is 1. The molecule has 0 bridgehead atoms. The molecule has 0 fully saturated rings. The zero-order chi connectivity index (χ0) is 9.97. The van der Waals surface area contributed by atoms with Gasteiger partial charge in [-0.2, -0.15) is 0 Å². The van der Waals surface area contributed by atoms with Crippen molar-refractivity contribution in [1.29, 1.82) is 0 Å². The Morgan fingerprint density at radius 2 is 1.86 bits per heavy atom. The van der Waals surface area contributed by atoms with Crippen LogP contribution in [0, 0.1) is 0 Å². The minimum atomic E-state index is 0.276. The van der Waals surface area contributed by atoms with Crippen LogP contribution in [0.4, 0.5) is 0 Å². The molecule has 0 saturated heterocycles. The minimum absolute atomic E-state index is 0.276. The van der Waals surface area contributed by atoms with Gasteiger partial charge in [0, 0.05) is 12.0 Å². The van der Waals surface area contributed by atoms with Crippen molar-refractivity contribution in [1.82, 2.24) is 0 Å². The standard InChI is InChI=1S/C12H14O2/c13-6-5-11-7-9-3-1-2-4-10(9)8-12(11)14/h6-8,14H,1-5H2. The molecule has 0 saturated carbocycles. The SMILES string of the molecule is O=CCc1cc2c(cc1O)CCCC2. The van der Waals surface area contributed by atoms with Gasteiger partial charge >= 0.3 is 0 Å². The first-order valence-electron chi connectivity index (χ1n) is 5.08. The summed E-state index contributed by atoms with van der Waals surface area (Å²) in [7, 11) is 0. The molecule has 0 unspecified atom stereocenters. The van der Waals surface area contributed by atoms with Gasteiger partial charge in [0.1, 0.15) is 12.0 Å². The fourth-order valence-corrected chi connectivity index (χ4v) is 2.08. The number of hydrogen-bond donors (Lipinski definition) is 1. The molecule has 2 nitrogen and oxygen atoms in total. The number of carbonyl (C=O) groups excluding carboxylic acids is 1. The fraction of sp³-hybridized carbons (Fsp3) is 0.417. The van der Waals surface area contributed by atoms with Gasteiger partial charge in [-0.1, -0.05) is 6.07 Å². The number of phenols is 1. The van der Waals surface area contributed by atoms with Crippen molar-refractivity contribution in [2.24, 2.45) is 0 Å². The van der Waals surface area contributed by atoms with Gasteiger partial charge < -0.3 is 9.90 Å². The molecule has 1 aromatic carbocycles. The van der Waals surface area contributed by atoms with Crippen LogP contribution in [-0.2, 0) is 24.1 Å². The third-order valence-electron chi connectivity index (χ3n) is 2.85. The molecule has 1 aliphatic rings. The normalized spacial score (nSPS) is 14.9. The van der Waals surface area contributed by atoms with Crippen molar-refractivity contribution in [2.45, 2.75) is 32.1 Å². The van der Waals surface area contributed by atoms with Crippen LogP contribution < -0.4 is 0 Å². The molecule has 0 atom stereocenters. The highest BCUT2D eigenvalue weighted by atomic mass is 16.3. The highest BCUT2D eigenvalue weighted by molar-refractivity contribution is 5.58. The van der Waals surface area contributed by atoms with E-state index in [-0.39, 0.29) is 5.75 Å². The molecule has 0 radical (unpaired) electrons. The average Bonchev–Trinajstić information content (AvgIpc) is 2.19. The van der Waals surface area contributed by atoms with Crippen LogP contribution in [0.15, 0.2) is 12.1 Å². The lowest BCUT2D eigenvalue weighted by atomic mass is 9.89. The van der Waals surface area contributed by atoms with Crippen molar-refractivity contribution in [2.75, 3.05) is 0 Å². The molecule has 0 aromatic heterocycles. The van der Waals surface area contributed by atoms with Crippen molar-refractivity contribution >= 4 is 6.29 Å². The Kier molecular flexibility index (Phi) is 2.53. The van der Waals surface area contributed by atoms with Gasteiger partial charge in [-0.3, -0.25) is 0 Å². The highest BCUT2D eigenvalue weighted by Crippen LogP contribution is 2.28. The van der Waals surface area contributed by atoms with Crippen molar-refractivity contribution < 1.29 is 9.90 Å². The van der Waals surface area contributed by atoms with Crippen molar-refractivity contribution in [3.63, 3.8) is 0 Å². The number of aryl methyl sites for hydroxylation is 2. The highest BCUT2D eigenvalue weighted by Gasteiger charge is 2.12. The Morgan fingerprint density at radius 3 is 2.50 bits per heavy atom. The van der Waals surface area contributed by atoms with Crippen LogP contribution in [0.1, 0.15) is 29.5 Å². The van der Waals surface area contributed by atoms with E-state index in [2.05, 4.69) is 0 Å². The molecular formula is C12H14O2. The Bertz CT molecular complexity index is 356. The van der Waals surface area contributed by atoms with E-state index in [1.165, 1.54) is 24.0 Å². The van der Waals surface area contributed by atoms with Crippen molar-refractivity contribution in [3.05, 3.63) is 28.8 Å². The molecule has 14 heavy (non-hydrogen) atoms. The Balaban J connectivity index is 2.40. The summed E-state index contributed by atoms with van der Waals surface area (Å²) >= 11 is 0. The molecule has 0 spiro atoms. The monoisotopic (exact) mass is 190 g/mol. The second-order valence-electron chi connectivity index (χ2n) is 3.83. The van der Waals surface area contributed by atoms with E-state index in [9.17, 15) is 9.90 Å². The van der Waals surface area contributed by atoms with E-state index in [1.807, 2.05) is 12.1 Å². The molecule has 2 rings (SSSR count). The molecule has 0 aliphatic heterocycles. The van der Waals surface area contributed by atoms with Crippen LogP contribution in [0.2, 0.25) is 0 Å². The summed E-state index contributed by atoms with van der Waals surface area (Å²) in [5.74, 6) is 0.276. The second kappa shape index (κ2) is 3.82. The summed E-state index contributed by atoms with van der Waals surface area (Å²) in [5, 5.41) is 9.64. The largest absolute Gasteiger partial charge is 0.508 e. The molecular weight excluding hydrogens is 176 g/mol. The zero-order valence-electron chi connectivity index (χ0n) is 8.12. The maximum atomic E-state index is 10.4. The summed E-state index contributed by atoms with van der Waals surface area (Å²) in [5.41, 5.74) is 3.33. The lowest BCUT2D eigenvalue weighted by molar-refractivity contribution is -0.107. The predicted molar refractivity (Wildman–Crippen MR) is 54.5 cm³/mol. The fourth-order valence-electron chi connectivity index (χ4n) is 2.08. The molecule has 1 aliphatic carbocycles. The summed E-state index contributed by atoms with van der Waals surface area (Å²) in [4.78, 5) is 10.4. The number of carbonyl (C=O) groups is 1. The zero-order valence-corrected chi connectivity index (χ0v) is 8.12. The number of fused-ring (bicyclic) bond motifs is 1. The average molecular weight is 190 g/mol. The number of hydrogen-bond acceptors (Lipinski definition) is 2. The van der Waals surface area contributed by atoms with Crippen LogP contribution >= 0.6 is 0 Å². The predicted octanol–water partition coefficient (Wildman–Crippen LogP) is 2.01. The van der Waals surface area contributed by atoms with Crippen LogP contribution in [0.3, 0.4) is 0 Å². The van der Waals surface area contributed by atoms with Gasteiger partial charge in [0.15, 0.2) is 0 Å². The summed E-state index contributed by atoms with van der Waals surface area (Å²) in [6.07, 6.45) is 5.73. The van der Waals surface area contributed by atoms with Crippen LogP contribution in [-0.4, -0.2) is 11.4 Å². The molecule has 1 aromatic rings. The summed E-state index contributed by atoms with van der Waals surface area (Å²) in [6, 6.07) is 3.81. The number of phenolic OH excluding ortho intramolecular Hbond substituents is 1. The van der Waals surface area contributed by atoms with E-state index < -0.39 is 0 Å². The first-order chi connectivity index (χ1) is 6.81. The Hall–Kier alpha value is -1.31. The summed E-state index contributed by atoms with van der Waals surface area (Å²) < 4.78 is 0. The van der Waals surface area contributed by atoms with Gasteiger partial charge in [0.05, 0.1) is 0 Å². The van der Waals surface area contributed by atoms with E-state index in [0.29, 0.717) is 6.42 Å². The molecule has 0 amide bonds. The van der Waals surface area contributed by atoms with E-state index in [4.69, 9.17) is 0 Å². The molecule has 1 N–H and O–H groups in total. The van der Waals surface area contributed by atoms with Gasteiger partial charge in [0.2, 0.25) is 0 Å². The first-order valence-corrected chi connectivity index (χ1v) is 5.08. The Labute approximate surface area is 83.6 Å². The third-order valence-corrected chi connectivity index (χ3v) is 2.85. The third kappa shape index (κ3) is 1.65.